The highest BCUT2D eigenvalue weighted by Crippen LogP contribution is 2.37. The van der Waals surface area contributed by atoms with Crippen LogP contribution in [0.4, 0.5) is 0 Å². The van der Waals surface area contributed by atoms with Gasteiger partial charge in [0.2, 0.25) is 6.29 Å². The van der Waals surface area contributed by atoms with Gasteiger partial charge in [-0.05, 0) is 46.5 Å². The fraction of sp³-hybridized carbons (Fsp3) is 0.367. The number of hydrogen-bond acceptors (Lipinski definition) is 7. The Balaban J connectivity index is 1.49. The van der Waals surface area contributed by atoms with Crippen molar-refractivity contribution in [2.45, 2.75) is 69.2 Å². The molecule has 4 rings (SSSR count). The zero-order valence-electron chi connectivity index (χ0n) is 21.8. The van der Waals surface area contributed by atoms with E-state index in [0.717, 1.165) is 22.3 Å². The van der Waals surface area contributed by atoms with Gasteiger partial charge in [0.15, 0.2) is 6.10 Å². The largest absolute Gasteiger partial charge is 0.508 e. The van der Waals surface area contributed by atoms with Crippen molar-refractivity contribution in [2.24, 2.45) is 0 Å². The van der Waals surface area contributed by atoms with E-state index in [1.165, 1.54) is 0 Å². The minimum absolute atomic E-state index is 0.237. The number of aliphatic hydroxyl groups excluding tert-OH is 3. The van der Waals surface area contributed by atoms with Gasteiger partial charge in [-0.3, -0.25) is 0 Å². The quantitative estimate of drug-likeness (QED) is 0.319. The first-order valence-corrected chi connectivity index (χ1v) is 12.4. The molecule has 3 aromatic rings. The summed E-state index contributed by atoms with van der Waals surface area (Å²) in [5.41, 5.74) is 3.74. The molecule has 8 nitrogen and oxygen atoms in total. The zero-order chi connectivity index (χ0) is 27.8. The van der Waals surface area contributed by atoms with E-state index in [0.29, 0.717) is 5.75 Å². The number of carboxylic acids is 1. The number of carboxylic acid groups (broad SMARTS) is 1. The van der Waals surface area contributed by atoms with Crippen molar-refractivity contribution in [3.63, 3.8) is 0 Å². The maximum atomic E-state index is 11.3. The molecule has 3 aromatic carbocycles. The summed E-state index contributed by atoms with van der Waals surface area (Å²) in [5, 5.41) is 48.9. The second kappa shape index (κ2) is 10.4. The minimum atomic E-state index is -1.77. The molecule has 8 heteroatoms. The molecular weight excluding hydrogens is 488 g/mol. The third-order valence-electron chi connectivity index (χ3n) is 7.56. The molecule has 0 saturated carbocycles. The van der Waals surface area contributed by atoms with Gasteiger partial charge in [-0.15, -0.1) is 0 Å². The second-order valence-corrected chi connectivity index (χ2v) is 10.8. The van der Waals surface area contributed by atoms with Crippen LogP contribution in [0.3, 0.4) is 0 Å². The molecule has 0 bridgehead atoms. The molecule has 1 saturated heterocycles. The molecule has 38 heavy (non-hydrogen) atoms. The Morgan fingerprint density at radius 3 is 1.50 bits per heavy atom. The molecule has 0 spiro atoms. The molecule has 0 aliphatic carbocycles. The molecular formula is C30H34O8. The van der Waals surface area contributed by atoms with E-state index in [1.54, 1.807) is 24.3 Å². The standard InChI is InChI=1S/C30H34O8/c1-29(2,19-9-13-21(31)14-10-19)17-5-7-18(8-6-17)30(3,4)20-11-15-22(16-12-20)37-28-25(34)23(32)24(33)26(38-28)27(35)36/h5-16,23-26,28,31-34H,1-4H3,(H,35,36). The van der Waals surface area contributed by atoms with Crippen molar-refractivity contribution in [1.82, 2.24) is 0 Å². The van der Waals surface area contributed by atoms with Crippen LogP contribution in [0.15, 0.2) is 72.8 Å². The molecule has 0 radical (unpaired) electrons. The van der Waals surface area contributed by atoms with E-state index in [-0.39, 0.29) is 16.6 Å². The highest BCUT2D eigenvalue weighted by Gasteiger charge is 2.48. The molecule has 5 unspecified atom stereocenters. The van der Waals surface area contributed by atoms with Crippen LogP contribution in [0.2, 0.25) is 0 Å². The van der Waals surface area contributed by atoms with Crippen molar-refractivity contribution in [3.8, 4) is 11.5 Å². The first-order chi connectivity index (χ1) is 17.8. The molecule has 1 heterocycles. The van der Waals surface area contributed by atoms with E-state index in [4.69, 9.17) is 9.47 Å². The van der Waals surface area contributed by atoms with E-state index in [2.05, 4.69) is 52.0 Å². The molecule has 1 aliphatic heterocycles. The van der Waals surface area contributed by atoms with Crippen LogP contribution >= 0.6 is 0 Å². The Hall–Kier alpha value is -3.43. The highest BCUT2D eigenvalue weighted by atomic mass is 16.7. The number of aromatic hydroxyl groups is 1. The molecule has 0 aromatic heterocycles. The fourth-order valence-electron chi connectivity index (χ4n) is 4.75. The maximum absolute atomic E-state index is 11.3. The Kier molecular flexibility index (Phi) is 7.54. The van der Waals surface area contributed by atoms with E-state index >= 15 is 0 Å². The number of aliphatic hydroxyl groups is 3. The average molecular weight is 523 g/mol. The lowest BCUT2D eigenvalue weighted by Crippen LogP contribution is -2.61. The van der Waals surface area contributed by atoms with Crippen LogP contribution in [0.5, 0.6) is 11.5 Å². The lowest BCUT2D eigenvalue weighted by molar-refractivity contribution is -0.271. The predicted octanol–water partition coefficient (Wildman–Crippen LogP) is 3.32. The average Bonchev–Trinajstić information content (AvgIpc) is 2.89. The molecule has 1 fully saturated rings. The molecule has 5 atom stereocenters. The number of rotatable bonds is 7. The summed E-state index contributed by atoms with van der Waals surface area (Å²) < 4.78 is 10.8. The number of aliphatic carboxylic acids is 1. The third-order valence-corrected chi connectivity index (χ3v) is 7.56. The van der Waals surface area contributed by atoms with Gasteiger partial charge in [0.25, 0.3) is 0 Å². The maximum Gasteiger partial charge on any atom is 0.335 e. The van der Waals surface area contributed by atoms with Crippen LogP contribution in [-0.4, -0.2) is 62.2 Å². The van der Waals surface area contributed by atoms with Crippen molar-refractivity contribution in [3.05, 3.63) is 95.1 Å². The first-order valence-electron chi connectivity index (χ1n) is 12.4. The highest BCUT2D eigenvalue weighted by molar-refractivity contribution is 5.73. The Labute approximate surface area is 221 Å². The normalized spacial score (nSPS) is 24.1. The van der Waals surface area contributed by atoms with Crippen molar-refractivity contribution in [1.29, 1.82) is 0 Å². The first kappa shape index (κ1) is 27.6. The van der Waals surface area contributed by atoms with Crippen LogP contribution in [0.25, 0.3) is 0 Å². The summed E-state index contributed by atoms with van der Waals surface area (Å²) in [5.74, 6) is -0.916. The number of phenols is 1. The summed E-state index contributed by atoms with van der Waals surface area (Å²) in [4.78, 5) is 11.3. The van der Waals surface area contributed by atoms with Crippen molar-refractivity contribution < 1.29 is 39.8 Å². The predicted molar refractivity (Wildman–Crippen MR) is 140 cm³/mol. The molecule has 5 N–H and O–H groups in total. The molecule has 1 aliphatic rings. The van der Waals surface area contributed by atoms with Crippen LogP contribution in [0, 0.1) is 0 Å². The van der Waals surface area contributed by atoms with Crippen LogP contribution in [-0.2, 0) is 20.4 Å². The summed E-state index contributed by atoms with van der Waals surface area (Å²) in [6.45, 7) is 8.49. The number of phenolic OH excluding ortho intramolecular Hbond substituents is 1. The topological polar surface area (TPSA) is 137 Å². The van der Waals surface area contributed by atoms with E-state index in [1.807, 2.05) is 24.3 Å². The Morgan fingerprint density at radius 2 is 1.08 bits per heavy atom. The third kappa shape index (κ3) is 5.26. The van der Waals surface area contributed by atoms with Gasteiger partial charge in [-0.1, -0.05) is 76.2 Å². The second-order valence-electron chi connectivity index (χ2n) is 10.8. The summed E-state index contributed by atoms with van der Waals surface area (Å²) >= 11 is 0. The van der Waals surface area contributed by atoms with E-state index < -0.39 is 36.7 Å². The zero-order valence-corrected chi connectivity index (χ0v) is 21.8. The van der Waals surface area contributed by atoms with Gasteiger partial charge in [0.05, 0.1) is 0 Å². The number of ether oxygens (including phenoxy) is 2. The Morgan fingerprint density at radius 1 is 0.684 bits per heavy atom. The lowest BCUT2D eigenvalue weighted by Gasteiger charge is -2.38. The Bertz CT molecular complexity index is 1250. The lowest BCUT2D eigenvalue weighted by atomic mass is 9.74. The van der Waals surface area contributed by atoms with Crippen molar-refractivity contribution in [2.75, 3.05) is 0 Å². The summed E-state index contributed by atoms with van der Waals surface area (Å²) in [6.07, 6.45) is -8.31. The van der Waals surface area contributed by atoms with Gasteiger partial charge < -0.3 is 35.0 Å². The van der Waals surface area contributed by atoms with Gasteiger partial charge in [0, 0.05) is 10.8 Å². The van der Waals surface area contributed by atoms with Gasteiger partial charge in [-0.2, -0.15) is 0 Å². The smallest absolute Gasteiger partial charge is 0.335 e. The van der Waals surface area contributed by atoms with Gasteiger partial charge in [-0.25, -0.2) is 4.79 Å². The SMILES string of the molecule is CC(C)(c1ccc(O)cc1)c1ccc(C(C)(C)c2ccc(OC3OC(C(=O)O)C(O)C(O)C3O)cc2)cc1. The monoisotopic (exact) mass is 522 g/mol. The van der Waals surface area contributed by atoms with Gasteiger partial charge in [0.1, 0.15) is 29.8 Å². The van der Waals surface area contributed by atoms with Crippen LogP contribution in [0.1, 0.15) is 49.9 Å². The summed E-state index contributed by atoms with van der Waals surface area (Å²) in [7, 11) is 0. The molecule has 0 amide bonds. The number of hydrogen-bond donors (Lipinski definition) is 5. The fourth-order valence-corrected chi connectivity index (χ4v) is 4.75. The number of benzene rings is 3. The van der Waals surface area contributed by atoms with Crippen molar-refractivity contribution >= 4 is 5.97 Å². The molecule has 202 valence electrons. The minimum Gasteiger partial charge on any atom is -0.508 e. The number of carbonyl (C=O) groups is 1. The van der Waals surface area contributed by atoms with E-state index in [9.17, 15) is 30.3 Å². The summed E-state index contributed by atoms with van der Waals surface area (Å²) in [6, 6.07) is 22.8. The van der Waals surface area contributed by atoms with Gasteiger partial charge >= 0.3 is 5.97 Å². The van der Waals surface area contributed by atoms with Crippen LogP contribution < -0.4 is 4.74 Å².